The van der Waals surface area contributed by atoms with Crippen LogP contribution < -0.4 is 11.1 Å². The fourth-order valence-corrected chi connectivity index (χ4v) is 2.94. The molecule has 0 spiro atoms. The Labute approximate surface area is 136 Å². The predicted molar refractivity (Wildman–Crippen MR) is 87.0 cm³/mol. The Bertz CT molecular complexity index is 523. The van der Waals surface area contributed by atoms with Crippen LogP contribution in [0.1, 0.15) is 55.4 Å². The van der Waals surface area contributed by atoms with Gasteiger partial charge in [-0.15, -0.1) is 0 Å². The van der Waals surface area contributed by atoms with Crippen molar-refractivity contribution in [1.82, 2.24) is 10.1 Å². The number of hydrogen-bond acceptors (Lipinski definition) is 5. The maximum atomic E-state index is 12.1. The van der Waals surface area contributed by atoms with Crippen LogP contribution in [0.25, 0.3) is 0 Å². The van der Waals surface area contributed by atoms with E-state index in [-0.39, 0.29) is 11.6 Å². The summed E-state index contributed by atoms with van der Waals surface area (Å²) in [6.07, 6.45) is 8.12. The monoisotopic (exact) mass is 322 g/mol. The molecule has 0 atom stereocenters. The summed E-state index contributed by atoms with van der Waals surface area (Å²) in [5.41, 5.74) is 5.18. The van der Waals surface area contributed by atoms with E-state index in [0.717, 1.165) is 12.3 Å². The van der Waals surface area contributed by atoms with Gasteiger partial charge in [0.25, 0.3) is 5.91 Å². The molecule has 0 radical (unpaired) electrons. The van der Waals surface area contributed by atoms with Crippen LogP contribution in [0.2, 0.25) is 0 Å². The van der Waals surface area contributed by atoms with Crippen LogP contribution in [0.4, 0.5) is 5.88 Å². The summed E-state index contributed by atoms with van der Waals surface area (Å²) in [7, 11) is 1.81. The van der Waals surface area contributed by atoms with Gasteiger partial charge in [0.2, 0.25) is 11.8 Å². The molecule has 3 N–H and O–H groups in total. The molecule has 1 aliphatic rings. The van der Waals surface area contributed by atoms with Gasteiger partial charge in [-0.1, -0.05) is 37.3 Å². The average molecular weight is 322 g/mol. The van der Waals surface area contributed by atoms with E-state index in [1.807, 2.05) is 0 Å². The highest BCUT2D eigenvalue weighted by Gasteiger charge is 2.16. The number of rotatable bonds is 8. The molecule has 0 saturated heterocycles. The Morgan fingerprint density at radius 2 is 2.13 bits per heavy atom. The lowest BCUT2D eigenvalue weighted by atomic mass is 9.86. The van der Waals surface area contributed by atoms with Crippen LogP contribution in [0.15, 0.2) is 10.6 Å². The van der Waals surface area contributed by atoms with Crippen molar-refractivity contribution in [2.75, 3.05) is 25.5 Å². The Kier molecular flexibility index (Phi) is 6.43. The summed E-state index contributed by atoms with van der Waals surface area (Å²) in [4.78, 5) is 24.8. The SMILES string of the molecule is CN(CCNc1cc(C(N)=O)no1)C(=O)CCC1CCCCC1. The van der Waals surface area contributed by atoms with Gasteiger partial charge in [-0.2, -0.15) is 0 Å². The average Bonchev–Trinajstić information content (AvgIpc) is 3.02. The number of hydrogen-bond donors (Lipinski definition) is 2. The number of nitrogens with zero attached hydrogens (tertiary/aromatic N) is 2. The first-order chi connectivity index (χ1) is 11.1. The van der Waals surface area contributed by atoms with Crippen molar-refractivity contribution in [2.24, 2.45) is 11.7 Å². The first kappa shape index (κ1) is 17.3. The Balaban J connectivity index is 1.63. The summed E-state index contributed by atoms with van der Waals surface area (Å²) >= 11 is 0. The summed E-state index contributed by atoms with van der Waals surface area (Å²) in [5.74, 6) is 0.645. The zero-order chi connectivity index (χ0) is 16.7. The van der Waals surface area contributed by atoms with Crippen molar-refractivity contribution in [1.29, 1.82) is 0 Å². The Morgan fingerprint density at radius 3 is 2.78 bits per heavy atom. The van der Waals surface area contributed by atoms with Gasteiger partial charge in [-0.25, -0.2) is 0 Å². The van der Waals surface area contributed by atoms with E-state index >= 15 is 0 Å². The van der Waals surface area contributed by atoms with Gasteiger partial charge >= 0.3 is 0 Å². The molecule has 1 aromatic heterocycles. The number of likely N-dealkylation sites (N-methyl/N-ethyl adjacent to an activating group) is 1. The minimum absolute atomic E-state index is 0.0874. The number of carbonyl (C=O) groups excluding carboxylic acids is 2. The third-order valence-electron chi connectivity index (χ3n) is 4.43. The standard InChI is InChI=1S/C16H26N4O3/c1-20(15(21)8-7-12-5-3-2-4-6-12)10-9-18-14-11-13(16(17)22)19-23-14/h11-12,18H,2-10H2,1H3,(H2,17,22). The van der Waals surface area contributed by atoms with Crippen molar-refractivity contribution < 1.29 is 14.1 Å². The molecule has 7 heteroatoms. The van der Waals surface area contributed by atoms with E-state index in [2.05, 4.69) is 10.5 Å². The minimum atomic E-state index is -0.628. The molecule has 0 unspecified atom stereocenters. The van der Waals surface area contributed by atoms with Crippen molar-refractivity contribution in [3.63, 3.8) is 0 Å². The van der Waals surface area contributed by atoms with Gasteiger partial charge in [0.1, 0.15) is 0 Å². The number of nitrogens with one attached hydrogen (secondary N) is 1. The second-order valence-electron chi connectivity index (χ2n) is 6.23. The third kappa shape index (κ3) is 5.58. The Morgan fingerprint density at radius 1 is 1.39 bits per heavy atom. The van der Waals surface area contributed by atoms with Crippen LogP contribution in [-0.4, -0.2) is 42.0 Å². The lowest BCUT2D eigenvalue weighted by Crippen LogP contribution is -2.31. The smallest absolute Gasteiger partial charge is 0.270 e. The second kappa shape index (κ2) is 8.55. The summed E-state index contributed by atoms with van der Waals surface area (Å²) in [6.45, 7) is 1.09. The van der Waals surface area contributed by atoms with Crippen molar-refractivity contribution >= 4 is 17.7 Å². The van der Waals surface area contributed by atoms with E-state index in [0.29, 0.717) is 25.4 Å². The summed E-state index contributed by atoms with van der Waals surface area (Å²) < 4.78 is 4.93. The third-order valence-corrected chi connectivity index (χ3v) is 4.43. The lowest BCUT2D eigenvalue weighted by molar-refractivity contribution is -0.130. The van der Waals surface area contributed by atoms with Crippen LogP contribution in [0, 0.1) is 5.92 Å². The van der Waals surface area contributed by atoms with Crippen LogP contribution >= 0.6 is 0 Å². The zero-order valence-electron chi connectivity index (χ0n) is 13.7. The number of carbonyl (C=O) groups is 2. The number of amides is 2. The maximum Gasteiger partial charge on any atom is 0.270 e. The van der Waals surface area contributed by atoms with Gasteiger partial charge in [0.05, 0.1) is 0 Å². The molecule has 0 bridgehead atoms. The number of primary amides is 1. The molecule has 1 fully saturated rings. The van der Waals surface area contributed by atoms with Gasteiger partial charge in [-0.3, -0.25) is 9.59 Å². The molecule has 0 aromatic carbocycles. The van der Waals surface area contributed by atoms with Crippen LogP contribution in [0.5, 0.6) is 0 Å². The number of nitrogens with two attached hydrogens (primary N) is 1. The van der Waals surface area contributed by atoms with Gasteiger partial charge in [0.15, 0.2) is 5.69 Å². The Hall–Kier alpha value is -2.05. The zero-order valence-corrected chi connectivity index (χ0v) is 13.7. The fraction of sp³-hybridized carbons (Fsp3) is 0.688. The highest BCUT2D eigenvalue weighted by molar-refractivity contribution is 5.91. The van der Waals surface area contributed by atoms with Crippen LogP contribution in [0.3, 0.4) is 0 Å². The molecule has 1 saturated carbocycles. The molecule has 7 nitrogen and oxygen atoms in total. The molecule has 128 valence electrons. The molecular weight excluding hydrogens is 296 g/mol. The summed E-state index contributed by atoms with van der Waals surface area (Å²) in [6, 6.07) is 1.45. The van der Waals surface area contributed by atoms with E-state index in [9.17, 15) is 9.59 Å². The fourth-order valence-electron chi connectivity index (χ4n) is 2.94. The molecule has 0 aliphatic heterocycles. The van der Waals surface area contributed by atoms with E-state index in [1.54, 1.807) is 11.9 Å². The molecule has 1 aliphatic carbocycles. The van der Waals surface area contributed by atoms with Gasteiger partial charge < -0.3 is 20.5 Å². The first-order valence-corrected chi connectivity index (χ1v) is 8.30. The maximum absolute atomic E-state index is 12.1. The van der Waals surface area contributed by atoms with Gasteiger partial charge in [-0.05, 0) is 12.3 Å². The van der Waals surface area contributed by atoms with Crippen molar-refractivity contribution in [2.45, 2.75) is 44.9 Å². The molecule has 1 heterocycles. The topological polar surface area (TPSA) is 101 Å². The molecule has 23 heavy (non-hydrogen) atoms. The second-order valence-corrected chi connectivity index (χ2v) is 6.23. The molecule has 1 aromatic rings. The summed E-state index contributed by atoms with van der Waals surface area (Å²) in [5, 5.41) is 6.52. The van der Waals surface area contributed by atoms with Gasteiger partial charge in [0, 0.05) is 32.6 Å². The molecule has 2 rings (SSSR count). The van der Waals surface area contributed by atoms with Crippen molar-refractivity contribution in [3.8, 4) is 0 Å². The number of anilines is 1. The van der Waals surface area contributed by atoms with E-state index in [4.69, 9.17) is 10.3 Å². The molecule has 2 amide bonds. The normalized spacial score (nSPS) is 15.3. The largest absolute Gasteiger partial charge is 0.364 e. The highest BCUT2D eigenvalue weighted by atomic mass is 16.5. The number of aromatic nitrogens is 1. The first-order valence-electron chi connectivity index (χ1n) is 8.30. The molecular formula is C16H26N4O3. The van der Waals surface area contributed by atoms with E-state index < -0.39 is 5.91 Å². The van der Waals surface area contributed by atoms with E-state index in [1.165, 1.54) is 38.2 Å². The minimum Gasteiger partial charge on any atom is -0.364 e. The van der Waals surface area contributed by atoms with Crippen LogP contribution in [-0.2, 0) is 4.79 Å². The predicted octanol–water partition coefficient (Wildman–Crippen LogP) is 2.00. The quantitative estimate of drug-likeness (QED) is 0.762. The lowest BCUT2D eigenvalue weighted by Gasteiger charge is -2.23. The highest BCUT2D eigenvalue weighted by Crippen LogP contribution is 2.27. The van der Waals surface area contributed by atoms with Crippen molar-refractivity contribution in [3.05, 3.63) is 11.8 Å².